The first-order chi connectivity index (χ1) is 10.7. The first-order valence-electron chi connectivity index (χ1n) is 7.55. The lowest BCUT2D eigenvalue weighted by atomic mass is 9.81. The molecule has 0 N–H and O–H groups in total. The van der Waals surface area contributed by atoms with E-state index in [1.54, 1.807) is 37.3 Å². The molecule has 0 aliphatic carbocycles. The molecule has 1 aromatic rings. The molecule has 0 aromatic heterocycles. The summed E-state index contributed by atoms with van der Waals surface area (Å²) in [6.45, 7) is 9.69. The van der Waals surface area contributed by atoms with Gasteiger partial charge in [-0.25, -0.2) is 4.79 Å². The molecule has 0 amide bonds. The molecule has 0 saturated carbocycles. The standard InChI is InChI=1S/C18H21ClO4/c1-11-10-18(4,23-13(3)12(11)2)15(16(19)20)22-17(21)14-8-6-5-7-9-14/h5-9,12-13,15H,1,10H2,2-4H3/t12-,13-,15-,18-/m1/s1. The van der Waals surface area contributed by atoms with E-state index in [-0.39, 0.29) is 12.0 Å². The van der Waals surface area contributed by atoms with E-state index < -0.39 is 22.9 Å². The smallest absolute Gasteiger partial charge is 0.338 e. The molecule has 1 aliphatic rings. The lowest BCUT2D eigenvalue weighted by molar-refractivity contribution is -0.172. The molecule has 5 heteroatoms. The van der Waals surface area contributed by atoms with Crippen molar-refractivity contribution in [2.45, 2.75) is 45.0 Å². The van der Waals surface area contributed by atoms with E-state index >= 15 is 0 Å². The first kappa shape index (κ1) is 17.7. The summed E-state index contributed by atoms with van der Waals surface area (Å²) in [5, 5.41) is -0.758. The minimum atomic E-state index is -1.19. The minimum absolute atomic E-state index is 0.143. The van der Waals surface area contributed by atoms with Crippen molar-refractivity contribution in [3.8, 4) is 0 Å². The molecule has 124 valence electrons. The van der Waals surface area contributed by atoms with Crippen LogP contribution in [0.2, 0.25) is 0 Å². The summed E-state index contributed by atoms with van der Waals surface area (Å²) < 4.78 is 11.4. The Labute approximate surface area is 141 Å². The van der Waals surface area contributed by atoms with Gasteiger partial charge in [-0.1, -0.05) is 37.3 Å². The van der Waals surface area contributed by atoms with E-state index in [0.29, 0.717) is 12.0 Å². The number of esters is 1. The van der Waals surface area contributed by atoms with Gasteiger partial charge in [-0.15, -0.1) is 0 Å². The highest BCUT2D eigenvalue weighted by Crippen LogP contribution is 2.39. The van der Waals surface area contributed by atoms with Crippen LogP contribution in [0.1, 0.15) is 37.6 Å². The third-order valence-electron chi connectivity index (χ3n) is 4.38. The highest BCUT2D eigenvalue weighted by Gasteiger charge is 2.48. The number of rotatable bonds is 4. The van der Waals surface area contributed by atoms with E-state index in [9.17, 15) is 9.59 Å². The van der Waals surface area contributed by atoms with Gasteiger partial charge < -0.3 is 9.47 Å². The summed E-state index contributed by atoms with van der Waals surface area (Å²) in [4.78, 5) is 24.1. The van der Waals surface area contributed by atoms with Crippen molar-refractivity contribution in [2.24, 2.45) is 5.92 Å². The second kappa shape index (κ2) is 6.85. The Morgan fingerprint density at radius 3 is 2.48 bits per heavy atom. The summed E-state index contributed by atoms with van der Waals surface area (Å²) in [5.41, 5.74) is 0.284. The number of hydrogen-bond donors (Lipinski definition) is 0. The van der Waals surface area contributed by atoms with Crippen molar-refractivity contribution >= 4 is 22.8 Å². The molecule has 1 heterocycles. The second-order valence-corrected chi connectivity index (χ2v) is 6.59. The van der Waals surface area contributed by atoms with Gasteiger partial charge in [0, 0.05) is 12.3 Å². The second-order valence-electron chi connectivity index (χ2n) is 6.21. The molecule has 0 spiro atoms. The van der Waals surface area contributed by atoms with Crippen molar-refractivity contribution < 1.29 is 19.1 Å². The van der Waals surface area contributed by atoms with E-state index in [1.165, 1.54) is 0 Å². The zero-order chi connectivity index (χ0) is 17.2. The van der Waals surface area contributed by atoms with Crippen molar-refractivity contribution in [1.29, 1.82) is 0 Å². The maximum atomic E-state index is 12.3. The number of carbonyl (C=O) groups excluding carboxylic acids is 2. The van der Waals surface area contributed by atoms with E-state index in [0.717, 1.165) is 5.57 Å². The quantitative estimate of drug-likeness (QED) is 0.477. The maximum Gasteiger partial charge on any atom is 0.338 e. The van der Waals surface area contributed by atoms with Gasteiger partial charge >= 0.3 is 5.97 Å². The summed E-state index contributed by atoms with van der Waals surface area (Å²) in [6, 6.07) is 8.47. The van der Waals surface area contributed by atoms with E-state index in [2.05, 4.69) is 6.58 Å². The molecule has 4 nitrogen and oxygen atoms in total. The van der Waals surface area contributed by atoms with Crippen molar-refractivity contribution in [2.75, 3.05) is 0 Å². The fourth-order valence-electron chi connectivity index (χ4n) is 2.83. The lowest BCUT2D eigenvalue weighted by Crippen LogP contribution is -2.53. The topological polar surface area (TPSA) is 52.6 Å². The predicted octanol–water partition coefficient (Wildman–Crippen LogP) is 3.74. The molecule has 2 rings (SSSR count). The number of hydrogen-bond acceptors (Lipinski definition) is 4. The fraction of sp³-hybridized carbons (Fsp3) is 0.444. The third-order valence-corrected chi connectivity index (χ3v) is 4.57. The predicted molar refractivity (Wildman–Crippen MR) is 88.4 cm³/mol. The zero-order valence-corrected chi connectivity index (χ0v) is 14.3. The van der Waals surface area contributed by atoms with Crippen LogP contribution in [0.5, 0.6) is 0 Å². The largest absolute Gasteiger partial charge is 0.446 e. The number of benzene rings is 1. The summed E-state index contributed by atoms with van der Waals surface area (Å²) >= 11 is 5.70. The van der Waals surface area contributed by atoms with Gasteiger partial charge in [-0.05, 0) is 37.6 Å². The molecule has 1 fully saturated rings. The highest BCUT2D eigenvalue weighted by atomic mass is 35.5. The van der Waals surface area contributed by atoms with Crippen LogP contribution in [0.25, 0.3) is 0 Å². The Balaban J connectivity index is 2.23. The normalized spacial score (nSPS) is 29.0. The van der Waals surface area contributed by atoms with Gasteiger partial charge in [0.1, 0.15) is 5.60 Å². The first-order valence-corrected chi connectivity index (χ1v) is 7.93. The average molecular weight is 337 g/mol. The number of carbonyl (C=O) groups is 2. The van der Waals surface area contributed by atoms with Gasteiger partial charge in [0.25, 0.3) is 5.24 Å². The Bertz CT molecular complexity index is 613. The van der Waals surface area contributed by atoms with Gasteiger partial charge in [0.05, 0.1) is 11.7 Å². The highest BCUT2D eigenvalue weighted by molar-refractivity contribution is 6.64. The zero-order valence-electron chi connectivity index (χ0n) is 13.5. The van der Waals surface area contributed by atoms with Crippen LogP contribution < -0.4 is 0 Å². The Morgan fingerprint density at radius 1 is 1.35 bits per heavy atom. The lowest BCUT2D eigenvalue weighted by Gasteiger charge is -2.44. The van der Waals surface area contributed by atoms with Gasteiger partial charge in [-0.3, -0.25) is 4.79 Å². The molecule has 0 bridgehead atoms. The summed E-state index contributed by atoms with van der Waals surface area (Å²) in [6.07, 6.45) is -0.928. The SMILES string of the molecule is C=C1C[C@](C)([C@H](OC(=O)c2ccccc2)C(=O)Cl)O[C@H](C)[C@@H]1C. The molecule has 23 heavy (non-hydrogen) atoms. The molecule has 1 aliphatic heterocycles. The van der Waals surface area contributed by atoms with E-state index in [1.807, 2.05) is 13.8 Å². The summed E-state index contributed by atoms with van der Waals surface area (Å²) in [5.74, 6) is -0.440. The van der Waals surface area contributed by atoms with Gasteiger partial charge in [0.15, 0.2) is 0 Å². The van der Waals surface area contributed by atoms with Crippen molar-refractivity contribution in [1.82, 2.24) is 0 Å². The molecular formula is C18H21ClO4. The van der Waals surface area contributed by atoms with Gasteiger partial charge in [0.2, 0.25) is 6.10 Å². The molecular weight excluding hydrogens is 316 g/mol. The monoisotopic (exact) mass is 336 g/mol. The van der Waals surface area contributed by atoms with Crippen molar-refractivity contribution in [3.63, 3.8) is 0 Å². The molecule has 1 aromatic carbocycles. The Kier molecular flexibility index (Phi) is 5.27. The van der Waals surface area contributed by atoms with Crippen LogP contribution in [0.15, 0.2) is 42.5 Å². The van der Waals surface area contributed by atoms with Crippen LogP contribution in [0, 0.1) is 5.92 Å². The van der Waals surface area contributed by atoms with Crippen LogP contribution in [-0.4, -0.2) is 29.0 Å². The molecule has 1 saturated heterocycles. The number of halogens is 1. The Hall–Kier alpha value is -1.65. The maximum absolute atomic E-state index is 12.3. The van der Waals surface area contributed by atoms with Gasteiger partial charge in [-0.2, -0.15) is 0 Å². The molecule has 4 atom stereocenters. The average Bonchev–Trinajstić information content (AvgIpc) is 2.50. The summed E-state index contributed by atoms with van der Waals surface area (Å²) in [7, 11) is 0. The minimum Gasteiger partial charge on any atom is -0.446 e. The van der Waals surface area contributed by atoms with Crippen molar-refractivity contribution in [3.05, 3.63) is 48.0 Å². The van der Waals surface area contributed by atoms with E-state index in [4.69, 9.17) is 21.1 Å². The molecule has 0 unspecified atom stereocenters. The molecule has 0 radical (unpaired) electrons. The number of ether oxygens (including phenoxy) is 2. The fourth-order valence-corrected chi connectivity index (χ4v) is 3.10. The van der Waals surface area contributed by atoms with Crippen LogP contribution in [0.4, 0.5) is 0 Å². The van der Waals surface area contributed by atoms with Crippen LogP contribution in [0.3, 0.4) is 0 Å². The third kappa shape index (κ3) is 3.82. The van der Waals surface area contributed by atoms with Crippen LogP contribution in [-0.2, 0) is 14.3 Å². The van der Waals surface area contributed by atoms with Crippen LogP contribution >= 0.6 is 11.6 Å². The Morgan fingerprint density at radius 2 is 1.96 bits per heavy atom.